The number of aliphatic hydroxyl groups is 1. The summed E-state index contributed by atoms with van der Waals surface area (Å²) in [5.74, 6) is -1.08. The molecule has 0 aliphatic carbocycles. The quantitative estimate of drug-likeness (QED) is 0.573. The first kappa shape index (κ1) is 23.0. The molecule has 0 saturated heterocycles. The lowest BCUT2D eigenvalue weighted by molar-refractivity contribution is -0.142. The SMILES string of the molecule is Cc1cn(CC(F)(F)F)nc1S(=O)(=O)n1cc2c(n1)CN(C(=O)C(CO)c1ccccc1)C2. The number of hydrogen-bond acceptors (Lipinski definition) is 6. The zero-order chi connectivity index (χ0) is 24.0. The van der Waals surface area contributed by atoms with Crippen molar-refractivity contribution in [2.24, 2.45) is 0 Å². The molecule has 1 N–H and O–H groups in total. The van der Waals surface area contributed by atoms with Crippen LogP contribution >= 0.6 is 0 Å². The average Bonchev–Trinajstić information content (AvgIpc) is 3.41. The molecule has 1 atom stereocenters. The zero-order valence-electron chi connectivity index (χ0n) is 17.4. The first-order valence-electron chi connectivity index (χ1n) is 9.88. The van der Waals surface area contributed by atoms with Crippen LogP contribution in [0.2, 0.25) is 0 Å². The Kier molecular flexibility index (Phi) is 5.78. The number of aryl methyl sites for hydroxylation is 1. The predicted molar refractivity (Wildman–Crippen MR) is 108 cm³/mol. The highest BCUT2D eigenvalue weighted by molar-refractivity contribution is 7.89. The molecule has 176 valence electrons. The molecule has 4 rings (SSSR count). The third-order valence-electron chi connectivity index (χ3n) is 5.28. The van der Waals surface area contributed by atoms with Crippen LogP contribution in [-0.4, -0.2) is 56.1 Å². The van der Waals surface area contributed by atoms with E-state index in [1.165, 1.54) is 18.0 Å². The minimum Gasteiger partial charge on any atom is -0.395 e. The maximum absolute atomic E-state index is 12.9. The van der Waals surface area contributed by atoms with Gasteiger partial charge in [0.15, 0.2) is 0 Å². The van der Waals surface area contributed by atoms with E-state index in [1.54, 1.807) is 30.3 Å². The van der Waals surface area contributed by atoms with Gasteiger partial charge < -0.3 is 10.0 Å². The van der Waals surface area contributed by atoms with Crippen molar-refractivity contribution < 1.29 is 31.5 Å². The molecule has 0 bridgehead atoms. The van der Waals surface area contributed by atoms with Crippen molar-refractivity contribution in [3.8, 4) is 0 Å². The van der Waals surface area contributed by atoms with E-state index in [9.17, 15) is 31.5 Å². The topological polar surface area (TPSA) is 110 Å². The van der Waals surface area contributed by atoms with E-state index in [1.807, 2.05) is 0 Å². The predicted octanol–water partition coefficient (Wildman–Crippen LogP) is 1.81. The Morgan fingerprint density at radius 1 is 1.15 bits per heavy atom. The van der Waals surface area contributed by atoms with Gasteiger partial charge in [0.1, 0.15) is 6.54 Å². The highest BCUT2D eigenvalue weighted by Gasteiger charge is 2.35. The average molecular weight is 483 g/mol. The second-order valence-electron chi connectivity index (χ2n) is 7.75. The number of alkyl halides is 3. The van der Waals surface area contributed by atoms with Crippen molar-refractivity contribution in [2.45, 2.75) is 43.7 Å². The molecule has 1 unspecified atom stereocenters. The normalized spacial score (nSPS) is 15.0. The first-order chi connectivity index (χ1) is 15.5. The molecule has 1 aliphatic rings. The Hall–Kier alpha value is -3.19. The maximum atomic E-state index is 12.9. The standard InChI is InChI=1S/C20H20F3N5O4S/c1-13-7-27(12-20(21,22)23)25-18(13)33(31,32)28-9-15-8-26(10-17(15)24-28)19(30)16(11-29)14-5-3-2-4-6-14/h2-7,9,16,29H,8,10-12H2,1H3. The molecular formula is C20H20F3N5O4S. The fraction of sp³-hybridized carbons (Fsp3) is 0.350. The number of halogens is 3. The van der Waals surface area contributed by atoms with Crippen molar-refractivity contribution in [3.05, 3.63) is 65.1 Å². The van der Waals surface area contributed by atoms with Crippen molar-refractivity contribution in [1.29, 1.82) is 0 Å². The fourth-order valence-corrected chi connectivity index (χ4v) is 5.07. The van der Waals surface area contributed by atoms with Crippen molar-refractivity contribution in [3.63, 3.8) is 0 Å². The van der Waals surface area contributed by atoms with Gasteiger partial charge in [0.2, 0.25) is 10.9 Å². The van der Waals surface area contributed by atoms with Gasteiger partial charge in [-0.05, 0) is 12.5 Å². The Balaban J connectivity index is 1.53. The number of aliphatic hydroxyl groups excluding tert-OH is 1. The first-order valence-corrected chi connectivity index (χ1v) is 11.3. The Morgan fingerprint density at radius 2 is 1.85 bits per heavy atom. The van der Waals surface area contributed by atoms with Crippen LogP contribution in [0.25, 0.3) is 0 Å². The van der Waals surface area contributed by atoms with E-state index < -0.39 is 33.7 Å². The van der Waals surface area contributed by atoms with E-state index >= 15 is 0 Å². The van der Waals surface area contributed by atoms with Crippen LogP contribution in [0.5, 0.6) is 0 Å². The molecule has 0 radical (unpaired) electrons. The van der Waals surface area contributed by atoms with Crippen molar-refractivity contribution >= 4 is 15.9 Å². The van der Waals surface area contributed by atoms with Gasteiger partial charge in [-0.15, -0.1) is 0 Å². The number of carbonyl (C=O) groups is 1. The molecule has 0 saturated carbocycles. The maximum Gasteiger partial charge on any atom is 0.408 e. The molecule has 33 heavy (non-hydrogen) atoms. The smallest absolute Gasteiger partial charge is 0.395 e. The van der Waals surface area contributed by atoms with Gasteiger partial charge in [0.25, 0.3) is 0 Å². The lowest BCUT2D eigenvalue weighted by atomic mass is 9.98. The lowest BCUT2D eigenvalue weighted by Gasteiger charge is -2.22. The highest BCUT2D eigenvalue weighted by atomic mass is 32.2. The number of carbonyl (C=O) groups excluding carboxylic acids is 1. The number of aromatic nitrogens is 4. The molecular weight excluding hydrogens is 463 g/mol. The van der Waals surface area contributed by atoms with E-state index in [2.05, 4.69) is 10.2 Å². The van der Waals surface area contributed by atoms with Gasteiger partial charge in [-0.25, -0.2) is 0 Å². The van der Waals surface area contributed by atoms with E-state index in [-0.39, 0.29) is 31.2 Å². The number of benzene rings is 1. The van der Waals surface area contributed by atoms with Crippen LogP contribution < -0.4 is 0 Å². The summed E-state index contributed by atoms with van der Waals surface area (Å²) >= 11 is 0. The van der Waals surface area contributed by atoms with Gasteiger partial charge >= 0.3 is 16.2 Å². The minimum absolute atomic E-state index is 0.0432. The molecule has 2 aromatic heterocycles. The molecule has 1 aliphatic heterocycles. The summed E-state index contributed by atoms with van der Waals surface area (Å²) in [6.45, 7) is -0.312. The summed E-state index contributed by atoms with van der Waals surface area (Å²) in [5, 5.41) is 16.9. The number of nitrogens with zero attached hydrogens (tertiary/aromatic N) is 5. The number of amides is 1. The molecule has 13 heteroatoms. The van der Waals surface area contributed by atoms with Crippen LogP contribution in [0.4, 0.5) is 13.2 Å². The Bertz CT molecular complexity index is 1260. The number of rotatable bonds is 6. The molecule has 3 aromatic rings. The summed E-state index contributed by atoms with van der Waals surface area (Å²) < 4.78 is 64.9. The summed E-state index contributed by atoms with van der Waals surface area (Å²) in [6.07, 6.45) is -2.30. The minimum atomic E-state index is -4.55. The third-order valence-corrected chi connectivity index (χ3v) is 6.86. The van der Waals surface area contributed by atoms with E-state index in [0.29, 0.717) is 25.6 Å². The van der Waals surface area contributed by atoms with E-state index in [0.717, 1.165) is 6.20 Å². The number of hydrogen-bond donors (Lipinski definition) is 1. The summed E-state index contributed by atoms with van der Waals surface area (Å²) in [6, 6.07) is 8.79. The second-order valence-corrected chi connectivity index (χ2v) is 9.46. The summed E-state index contributed by atoms with van der Waals surface area (Å²) in [7, 11) is -4.32. The van der Waals surface area contributed by atoms with Crippen molar-refractivity contribution in [1.82, 2.24) is 23.9 Å². The largest absolute Gasteiger partial charge is 0.408 e. The summed E-state index contributed by atoms with van der Waals surface area (Å²) in [4.78, 5) is 14.4. The van der Waals surface area contributed by atoms with Crippen LogP contribution in [-0.2, 0) is 34.5 Å². The van der Waals surface area contributed by atoms with Gasteiger partial charge in [-0.3, -0.25) is 9.48 Å². The van der Waals surface area contributed by atoms with Gasteiger partial charge in [0.05, 0.1) is 24.8 Å². The molecule has 0 spiro atoms. The molecule has 9 nitrogen and oxygen atoms in total. The molecule has 3 heterocycles. The molecule has 1 amide bonds. The molecule has 0 fully saturated rings. The monoisotopic (exact) mass is 483 g/mol. The van der Waals surface area contributed by atoms with Crippen LogP contribution in [0.15, 0.2) is 47.8 Å². The fourth-order valence-electron chi connectivity index (χ4n) is 3.75. The second kappa shape index (κ2) is 8.30. The van der Waals surface area contributed by atoms with Crippen LogP contribution in [0.3, 0.4) is 0 Å². The van der Waals surface area contributed by atoms with Crippen molar-refractivity contribution in [2.75, 3.05) is 6.61 Å². The number of fused-ring (bicyclic) bond motifs is 1. The summed E-state index contributed by atoms with van der Waals surface area (Å²) in [5.41, 5.74) is 1.56. The Morgan fingerprint density at radius 3 is 2.45 bits per heavy atom. The zero-order valence-corrected chi connectivity index (χ0v) is 18.2. The molecule has 1 aromatic carbocycles. The van der Waals surface area contributed by atoms with Crippen LogP contribution in [0, 0.1) is 6.92 Å². The van der Waals surface area contributed by atoms with Gasteiger partial charge in [-0.2, -0.15) is 35.9 Å². The van der Waals surface area contributed by atoms with Gasteiger partial charge in [0, 0.05) is 30.1 Å². The van der Waals surface area contributed by atoms with E-state index in [4.69, 9.17) is 0 Å². The third kappa shape index (κ3) is 4.50. The van der Waals surface area contributed by atoms with Crippen LogP contribution in [0.1, 0.15) is 28.3 Å². The Labute approximate surface area is 187 Å². The highest BCUT2D eigenvalue weighted by Crippen LogP contribution is 2.28. The van der Waals surface area contributed by atoms with Gasteiger partial charge in [-0.1, -0.05) is 30.3 Å². The lowest BCUT2D eigenvalue weighted by Crippen LogP contribution is -2.33.